The van der Waals surface area contributed by atoms with Crippen LogP contribution in [0.25, 0.3) is 0 Å². The van der Waals surface area contributed by atoms with Gasteiger partial charge in [0.2, 0.25) is 0 Å². The highest BCUT2D eigenvalue weighted by atomic mass is 35.5. The van der Waals surface area contributed by atoms with E-state index in [0.717, 1.165) is 11.3 Å². The summed E-state index contributed by atoms with van der Waals surface area (Å²) in [7, 11) is 0. The topological polar surface area (TPSA) is 57.6 Å². The van der Waals surface area contributed by atoms with Gasteiger partial charge in [-0.25, -0.2) is 5.43 Å². The lowest BCUT2D eigenvalue weighted by molar-refractivity contribution is -0.128. The highest BCUT2D eigenvalue weighted by molar-refractivity contribution is 6.33. The van der Waals surface area contributed by atoms with Gasteiger partial charge in [0.15, 0.2) is 5.71 Å². The first kappa shape index (κ1) is 16.0. The van der Waals surface area contributed by atoms with Crippen molar-refractivity contribution < 1.29 is 18.0 Å². The van der Waals surface area contributed by atoms with Gasteiger partial charge in [0.25, 0.3) is 5.91 Å². The van der Waals surface area contributed by atoms with Crippen molar-refractivity contribution in [2.45, 2.75) is 25.9 Å². The second-order valence-electron chi connectivity index (χ2n) is 5.76. The standard InChI is InChI=1S/C14H14ClF3N4O/c1-8-6-19-7-9(15)10(8)22-4-2-13(3-5-22)11(14(16,17)18)20-21-12(13)23/h6-7H,2-5H2,1H3,(H,21,23). The number of nitrogens with one attached hydrogen (secondary N) is 1. The van der Waals surface area contributed by atoms with Gasteiger partial charge in [-0.2, -0.15) is 18.3 Å². The quantitative estimate of drug-likeness (QED) is 0.850. The first-order chi connectivity index (χ1) is 10.8. The third kappa shape index (κ3) is 2.54. The van der Waals surface area contributed by atoms with Crippen LogP contribution in [0.3, 0.4) is 0 Å². The molecule has 1 saturated heterocycles. The highest BCUT2D eigenvalue weighted by Gasteiger charge is 2.58. The summed E-state index contributed by atoms with van der Waals surface area (Å²) in [4.78, 5) is 17.9. The Morgan fingerprint density at radius 2 is 1.96 bits per heavy atom. The van der Waals surface area contributed by atoms with E-state index in [0.29, 0.717) is 5.02 Å². The molecule has 0 radical (unpaired) electrons. The summed E-state index contributed by atoms with van der Waals surface area (Å²) in [6, 6.07) is 0. The molecule has 0 bridgehead atoms. The Morgan fingerprint density at radius 1 is 1.30 bits per heavy atom. The molecular weight excluding hydrogens is 333 g/mol. The molecule has 1 fully saturated rings. The molecule has 3 heterocycles. The molecule has 1 aromatic heterocycles. The van der Waals surface area contributed by atoms with Gasteiger partial charge in [0.1, 0.15) is 5.41 Å². The van der Waals surface area contributed by atoms with Crippen LogP contribution in [0.5, 0.6) is 0 Å². The van der Waals surface area contributed by atoms with Crippen LogP contribution in [-0.4, -0.2) is 35.9 Å². The number of amides is 1. The molecule has 1 amide bonds. The number of rotatable bonds is 1. The lowest BCUT2D eigenvalue weighted by atomic mass is 9.74. The zero-order valence-electron chi connectivity index (χ0n) is 12.2. The number of alkyl halides is 3. The number of pyridine rings is 1. The van der Waals surface area contributed by atoms with Gasteiger partial charge in [-0.1, -0.05) is 11.6 Å². The van der Waals surface area contributed by atoms with Crippen LogP contribution in [0, 0.1) is 12.3 Å². The maximum atomic E-state index is 13.1. The lowest BCUT2D eigenvalue weighted by Gasteiger charge is -2.40. The van der Waals surface area contributed by atoms with Crippen molar-refractivity contribution >= 4 is 28.9 Å². The number of carbonyl (C=O) groups is 1. The number of hydrazone groups is 1. The number of aryl methyl sites for hydroxylation is 1. The van der Waals surface area contributed by atoms with Crippen LogP contribution in [0.15, 0.2) is 17.5 Å². The molecule has 9 heteroatoms. The molecule has 3 rings (SSSR count). The summed E-state index contributed by atoms with van der Waals surface area (Å²) in [6.07, 6.45) is -1.40. The summed E-state index contributed by atoms with van der Waals surface area (Å²) in [5.41, 5.74) is 0.964. The van der Waals surface area contributed by atoms with E-state index in [4.69, 9.17) is 11.6 Å². The molecule has 124 valence electrons. The molecule has 0 aliphatic carbocycles. The molecule has 23 heavy (non-hydrogen) atoms. The smallest absolute Gasteiger partial charge is 0.370 e. The normalized spacial score (nSPS) is 20.7. The van der Waals surface area contributed by atoms with Crippen molar-refractivity contribution in [3.63, 3.8) is 0 Å². The van der Waals surface area contributed by atoms with E-state index in [1.54, 1.807) is 6.20 Å². The van der Waals surface area contributed by atoms with Crippen molar-refractivity contribution in [3.8, 4) is 0 Å². The fourth-order valence-corrected chi connectivity index (χ4v) is 3.59. The van der Waals surface area contributed by atoms with Crippen molar-refractivity contribution in [1.29, 1.82) is 0 Å². The SMILES string of the molecule is Cc1cncc(Cl)c1N1CCC2(CC1)C(=O)NN=C2C(F)(F)F. The Hall–Kier alpha value is -1.83. The molecule has 0 saturated carbocycles. The van der Waals surface area contributed by atoms with Gasteiger partial charge in [-0.15, -0.1) is 0 Å². The minimum atomic E-state index is -4.62. The van der Waals surface area contributed by atoms with Gasteiger partial charge in [-0.05, 0) is 25.3 Å². The fraction of sp³-hybridized carbons (Fsp3) is 0.500. The molecule has 1 aromatic rings. The van der Waals surface area contributed by atoms with Gasteiger partial charge in [0.05, 0.1) is 10.7 Å². The van der Waals surface area contributed by atoms with Crippen molar-refractivity contribution in [3.05, 3.63) is 23.0 Å². The predicted molar refractivity (Wildman–Crippen MR) is 79.5 cm³/mol. The number of carbonyl (C=O) groups excluding carboxylic acids is 1. The molecule has 2 aliphatic rings. The summed E-state index contributed by atoms with van der Waals surface area (Å²) in [6.45, 7) is 2.41. The maximum Gasteiger partial charge on any atom is 0.432 e. The number of halogens is 4. The summed E-state index contributed by atoms with van der Waals surface area (Å²) < 4.78 is 39.4. The van der Waals surface area contributed by atoms with E-state index in [1.165, 1.54) is 6.20 Å². The Balaban J connectivity index is 1.86. The van der Waals surface area contributed by atoms with Gasteiger partial charge in [0, 0.05) is 25.5 Å². The second kappa shape index (κ2) is 5.36. The number of hydrogen-bond donors (Lipinski definition) is 1. The highest BCUT2D eigenvalue weighted by Crippen LogP contribution is 2.43. The molecule has 0 aromatic carbocycles. The third-order valence-corrected chi connectivity index (χ3v) is 4.69. The Morgan fingerprint density at radius 3 is 2.52 bits per heavy atom. The van der Waals surface area contributed by atoms with Crippen molar-refractivity contribution in [2.24, 2.45) is 10.5 Å². The van der Waals surface area contributed by atoms with E-state index < -0.39 is 23.2 Å². The van der Waals surface area contributed by atoms with Crippen LogP contribution < -0.4 is 10.3 Å². The van der Waals surface area contributed by atoms with Crippen LogP contribution in [0.1, 0.15) is 18.4 Å². The van der Waals surface area contributed by atoms with Crippen molar-refractivity contribution in [1.82, 2.24) is 10.4 Å². The number of anilines is 1. The largest absolute Gasteiger partial charge is 0.432 e. The summed E-state index contributed by atoms with van der Waals surface area (Å²) >= 11 is 6.16. The second-order valence-corrected chi connectivity index (χ2v) is 6.16. The van der Waals surface area contributed by atoms with Crippen LogP contribution in [0.4, 0.5) is 18.9 Å². The minimum Gasteiger partial charge on any atom is -0.370 e. The molecule has 1 N–H and O–H groups in total. The monoisotopic (exact) mass is 346 g/mol. The predicted octanol–water partition coefficient (Wildman–Crippen LogP) is 2.68. The summed E-state index contributed by atoms with van der Waals surface area (Å²) in [5.74, 6) is -0.679. The van der Waals surface area contributed by atoms with Crippen LogP contribution >= 0.6 is 11.6 Å². The number of nitrogens with zero attached hydrogens (tertiary/aromatic N) is 3. The molecule has 1 spiro atoms. The Labute approximate surface area is 135 Å². The number of piperidine rings is 1. The Kier molecular flexibility index (Phi) is 3.74. The van der Waals surface area contributed by atoms with Gasteiger partial charge in [-0.3, -0.25) is 9.78 Å². The zero-order chi connectivity index (χ0) is 16.8. The van der Waals surface area contributed by atoms with E-state index in [9.17, 15) is 18.0 Å². The van der Waals surface area contributed by atoms with Crippen molar-refractivity contribution in [2.75, 3.05) is 18.0 Å². The van der Waals surface area contributed by atoms with E-state index in [1.807, 2.05) is 17.2 Å². The molecule has 0 unspecified atom stereocenters. The van der Waals surface area contributed by atoms with E-state index >= 15 is 0 Å². The van der Waals surface area contributed by atoms with Gasteiger partial charge < -0.3 is 4.90 Å². The molecule has 5 nitrogen and oxygen atoms in total. The first-order valence-electron chi connectivity index (χ1n) is 7.06. The maximum absolute atomic E-state index is 13.1. The molecule has 0 atom stereocenters. The summed E-state index contributed by atoms with van der Waals surface area (Å²) in [5, 5.41) is 3.68. The van der Waals surface area contributed by atoms with Crippen LogP contribution in [-0.2, 0) is 4.79 Å². The zero-order valence-corrected chi connectivity index (χ0v) is 13.0. The molecule has 2 aliphatic heterocycles. The minimum absolute atomic E-state index is 0.0370. The molecular formula is C14H14ClF3N4O. The first-order valence-corrected chi connectivity index (χ1v) is 7.44. The third-order valence-electron chi connectivity index (χ3n) is 4.41. The number of hydrogen-bond acceptors (Lipinski definition) is 4. The average Bonchev–Trinajstić information content (AvgIpc) is 2.78. The lowest BCUT2D eigenvalue weighted by Crippen LogP contribution is -2.51. The van der Waals surface area contributed by atoms with Gasteiger partial charge >= 0.3 is 6.18 Å². The Bertz CT molecular complexity index is 661. The van der Waals surface area contributed by atoms with E-state index in [-0.39, 0.29) is 25.9 Å². The fourth-order valence-electron chi connectivity index (χ4n) is 3.26. The van der Waals surface area contributed by atoms with E-state index in [2.05, 4.69) is 10.1 Å². The average molecular weight is 347 g/mol. The number of aromatic nitrogens is 1. The van der Waals surface area contributed by atoms with Crippen LogP contribution in [0.2, 0.25) is 5.02 Å².